The lowest BCUT2D eigenvalue weighted by Crippen LogP contribution is -2.29. The summed E-state index contributed by atoms with van der Waals surface area (Å²) >= 11 is 1.66. The van der Waals surface area contributed by atoms with Crippen LogP contribution in [0.3, 0.4) is 0 Å². The fourth-order valence-electron chi connectivity index (χ4n) is 3.30. The van der Waals surface area contributed by atoms with Crippen molar-refractivity contribution in [2.75, 3.05) is 7.11 Å². The minimum Gasteiger partial charge on any atom is -0.494 e. The average Bonchev–Trinajstić information content (AvgIpc) is 3.30. The monoisotopic (exact) mass is 378 g/mol. The first-order chi connectivity index (χ1) is 13.2. The lowest BCUT2D eigenvalue weighted by atomic mass is 9.97. The number of methoxy groups -OCH3 is 1. The van der Waals surface area contributed by atoms with Gasteiger partial charge in [-0.2, -0.15) is 0 Å². The highest BCUT2D eigenvalue weighted by Crippen LogP contribution is 2.33. The molecule has 1 unspecified atom stereocenters. The van der Waals surface area contributed by atoms with Crippen LogP contribution in [0.25, 0.3) is 22.7 Å². The van der Waals surface area contributed by atoms with Gasteiger partial charge in [0.2, 0.25) is 0 Å². The van der Waals surface area contributed by atoms with Crippen LogP contribution < -0.4 is 15.4 Å². The summed E-state index contributed by atoms with van der Waals surface area (Å²) in [5.74, 6) is 1.09. The van der Waals surface area contributed by atoms with Gasteiger partial charge in [0.25, 0.3) is 0 Å². The van der Waals surface area contributed by atoms with Gasteiger partial charge in [-0.05, 0) is 30.4 Å². The number of hydrogen-bond donors (Lipinski definition) is 0. The number of thiophene rings is 1. The third-order valence-corrected chi connectivity index (χ3v) is 5.79. The molecule has 0 saturated carbocycles. The normalized spacial score (nSPS) is 17.7. The maximum atomic E-state index is 5.62. The molecule has 0 aromatic carbocycles. The molecule has 1 aliphatic rings. The number of hydrogen-bond acceptors (Lipinski definition) is 5. The number of rotatable bonds is 4. The van der Waals surface area contributed by atoms with Crippen LogP contribution in [0.4, 0.5) is 5.69 Å². The Bertz CT molecular complexity index is 1100. The van der Waals surface area contributed by atoms with Crippen molar-refractivity contribution in [3.8, 4) is 16.3 Å². The Kier molecular flexibility index (Phi) is 4.90. The fraction of sp³-hybridized carbons (Fsp3) is 0.286. The fourth-order valence-corrected chi connectivity index (χ4v) is 3.99. The van der Waals surface area contributed by atoms with Gasteiger partial charge in [0.1, 0.15) is 11.4 Å². The van der Waals surface area contributed by atoms with Crippen LogP contribution in [-0.2, 0) is 7.05 Å². The van der Waals surface area contributed by atoms with Gasteiger partial charge in [-0.1, -0.05) is 19.1 Å². The van der Waals surface area contributed by atoms with Gasteiger partial charge in [-0.25, -0.2) is 9.98 Å². The summed E-state index contributed by atoms with van der Waals surface area (Å²) in [6, 6.07) is 6.05. The Morgan fingerprint density at radius 2 is 2.26 bits per heavy atom. The maximum Gasteiger partial charge on any atom is 0.148 e. The van der Waals surface area contributed by atoms with Crippen molar-refractivity contribution < 1.29 is 4.74 Å². The van der Waals surface area contributed by atoms with Gasteiger partial charge >= 0.3 is 0 Å². The van der Waals surface area contributed by atoms with Crippen molar-refractivity contribution >= 4 is 34.9 Å². The van der Waals surface area contributed by atoms with Gasteiger partial charge in [-0.15, -0.1) is 11.3 Å². The van der Waals surface area contributed by atoms with Gasteiger partial charge in [0.05, 0.1) is 40.9 Å². The molecule has 3 aromatic heterocycles. The summed E-state index contributed by atoms with van der Waals surface area (Å²) in [5, 5.41) is 4.16. The van der Waals surface area contributed by atoms with Gasteiger partial charge in [0, 0.05) is 24.7 Å². The van der Waals surface area contributed by atoms with E-state index in [4.69, 9.17) is 9.73 Å². The second-order valence-electron chi connectivity index (χ2n) is 6.57. The quantitative estimate of drug-likeness (QED) is 0.700. The molecule has 0 N–H and O–H groups in total. The Morgan fingerprint density at radius 1 is 1.37 bits per heavy atom. The molecule has 0 radical (unpaired) electrons. The van der Waals surface area contributed by atoms with Crippen LogP contribution in [0.5, 0.6) is 5.75 Å². The number of pyridine rings is 1. The van der Waals surface area contributed by atoms with E-state index in [9.17, 15) is 0 Å². The smallest absolute Gasteiger partial charge is 0.148 e. The Balaban J connectivity index is 1.82. The highest BCUT2D eigenvalue weighted by atomic mass is 32.1. The molecule has 6 heteroatoms. The first kappa shape index (κ1) is 17.7. The number of ether oxygens (including phenoxy) is 1. The van der Waals surface area contributed by atoms with Crippen LogP contribution in [0.15, 0.2) is 41.1 Å². The third-order valence-electron chi connectivity index (χ3n) is 4.89. The van der Waals surface area contributed by atoms with E-state index < -0.39 is 0 Å². The summed E-state index contributed by atoms with van der Waals surface area (Å²) in [6.07, 6.45) is 9.95. The highest BCUT2D eigenvalue weighted by molar-refractivity contribution is 7.13. The highest BCUT2D eigenvalue weighted by Gasteiger charge is 2.16. The maximum absolute atomic E-state index is 5.62. The minimum absolute atomic E-state index is 0.348. The predicted molar refractivity (Wildman–Crippen MR) is 111 cm³/mol. The summed E-state index contributed by atoms with van der Waals surface area (Å²) in [7, 11) is 3.69. The van der Waals surface area contributed by atoms with Crippen molar-refractivity contribution in [2.24, 2.45) is 18.0 Å². The second kappa shape index (κ2) is 7.48. The molecule has 5 nitrogen and oxygen atoms in total. The van der Waals surface area contributed by atoms with E-state index in [-0.39, 0.29) is 0 Å². The Morgan fingerprint density at radius 3 is 3.00 bits per heavy atom. The molecule has 0 saturated heterocycles. The zero-order valence-electron chi connectivity index (χ0n) is 15.7. The minimum atomic E-state index is 0.348. The van der Waals surface area contributed by atoms with Crippen molar-refractivity contribution in [1.82, 2.24) is 14.5 Å². The molecular weight excluding hydrogens is 356 g/mol. The van der Waals surface area contributed by atoms with Crippen LogP contribution in [0.1, 0.15) is 19.8 Å². The number of aromatic nitrogens is 3. The molecule has 138 valence electrons. The molecule has 3 aromatic rings. The van der Waals surface area contributed by atoms with Crippen molar-refractivity contribution in [2.45, 2.75) is 19.8 Å². The molecule has 1 atom stereocenters. The van der Waals surface area contributed by atoms with Gasteiger partial charge in [0.15, 0.2) is 0 Å². The average molecular weight is 379 g/mol. The lowest BCUT2D eigenvalue weighted by Gasteiger charge is -2.13. The zero-order valence-corrected chi connectivity index (χ0v) is 16.5. The molecule has 4 rings (SSSR count). The van der Waals surface area contributed by atoms with Crippen LogP contribution >= 0.6 is 11.3 Å². The summed E-state index contributed by atoms with van der Waals surface area (Å²) in [5.41, 5.74) is 2.71. The summed E-state index contributed by atoms with van der Waals surface area (Å²) in [4.78, 5) is 15.2. The first-order valence-corrected chi connectivity index (χ1v) is 9.93. The van der Waals surface area contributed by atoms with Crippen molar-refractivity contribution in [3.05, 3.63) is 46.8 Å². The number of imidazole rings is 1. The van der Waals surface area contributed by atoms with Crippen molar-refractivity contribution in [3.63, 3.8) is 0 Å². The Hall–Kier alpha value is -2.73. The Labute approximate surface area is 162 Å². The molecule has 0 fully saturated rings. The van der Waals surface area contributed by atoms with Crippen molar-refractivity contribution in [1.29, 1.82) is 0 Å². The van der Waals surface area contributed by atoms with E-state index in [1.165, 1.54) is 0 Å². The van der Waals surface area contributed by atoms with E-state index >= 15 is 0 Å². The van der Waals surface area contributed by atoms with Gasteiger partial charge in [-0.3, -0.25) is 4.98 Å². The van der Waals surface area contributed by atoms with Crippen LogP contribution in [-0.4, -0.2) is 27.4 Å². The molecule has 0 amide bonds. The zero-order chi connectivity index (χ0) is 18.8. The molecule has 0 aliphatic heterocycles. The number of aryl methyl sites for hydroxylation is 1. The number of fused-ring (bicyclic) bond motifs is 1. The first-order valence-electron chi connectivity index (χ1n) is 9.05. The van der Waals surface area contributed by atoms with Gasteiger partial charge < -0.3 is 9.30 Å². The SMILES string of the molecule is CCC1CC=c2ncn(C)c2=CC1=Nc1cnc(-c2cccs2)cc1OC. The molecule has 0 bridgehead atoms. The predicted octanol–water partition coefficient (Wildman–Crippen LogP) is 3.32. The van der Waals surface area contributed by atoms with E-state index in [1.807, 2.05) is 35.5 Å². The van der Waals surface area contributed by atoms with E-state index in [2.05, 4.69) is 35.1 Å². The number of aliphatic imine (C=N–C) groups is 1. The number of nitrogens with zero attached hydrogens (tertiary/aromatic N) is 4. The van der Waals surface area contributed by atoms with Crippen LogP contribution in [0.2, 0.25) is 0 Å². The van der Waals surface area contributed by atoms with E-state index in [0.29, 0.717) is 5.92 Å². The summed E-state index contributed by atoms with van der Waals surface area (Å²) in [6.45, 7) is 2.20. The largest absolute Gasteiger partial charge is 0.494 e. The van der Waals surface area contributed by atoms with E-state index in [1.54, 1.807) is 24.6 Å². The molecule has 27 heavy (non-hydrogen) atoms. The summed E-state index contributed by atoms with van der Waals surface area (Å²) < 4.78 is 7.66. The molecular formula is C21H22N4OS. The topological polar surface area (TPSA) is 52.3 Å². The third kappa shape index (κ3) is 3.45. The lowest BCUT2D eigenvalue weighted by molar-refractivity contribution is 0.416. The second-order valence-corrected chi connectivity index (χ2v) is 7.52. The standard InChI is InChI=1S/C21H22N4OS/c1-4-14-7-8-15-19(25(2)13-23-15)10-16(14)24-18-12-22-17(11-20(18)26-3)21-6-5-9-27-21/h5-6,8-14H,4,7H2,1-3H3. The van der Waals surface area contributed by atoms with E-state index in [0.717, 1.165) is 51.3 Å². The molecule has 0 spiro atoms. The van der Waals surface area contributed by atoms with Crippen LogP contribution in [0, 0.1) is 5.92 Å². The molecule has 1 aliphatic carbocycles. The molecule has 3 heterocycles.